The van der Waals surface area contributed by atoms with Crippen molar-refractivity contribution in [2.45, 2.75) is 50.4 Å². The van der Waals surface area contributed by atoms with E-state index in [2.05, 4.69) is 9.80 Å². The number of carbonyl (C=O) groups is 1. The summed E-state index contributed by atoms with van der Waals surface area (Å²) < 4.78 is 27.4. The fourth-order valence-electron chi connectivity index (χ4n) is 3.89. The molecule has 1 aromatic carbocycles. The molecule has 152 valence electrons. The minimum Gasteiger partial charge on any atom is -0.308 e. The summed E-state index contributed by atoms with van der Waals surface area (Å²) in [6.45, 7) is 0.975. The average Bonchev–Trinajstić information content (AvgIpc) is 2.83. The van der Waals surface area contributed by atoms with Crippen LogP contribution < -0.4 is 4.90 Å². The predicted molar refractivity (Wildman–Crippen MR) is 107 cm³/mol. The molecule has 0 N–H and O–H groups in total. The number of para-hydroxylation sites is 1. The number of amides is 1. The summed E-state index contributed by atoms with van der Waals surface area (Å²) in [5.41, 5.74) is 0.768. The first-order chi connectivity index (χ1) is 12.9. The lowest BCUT2D eigenvalue weighted by Crippen LogP contribution is -2.54. The Morgan fingerprint density at radius 2 is 1.78 bits per heavy atom. The van der Waals surface area contributed by atoms with Crippen molar-refractivity contribution >= 4 is 11.6 Å². The van der Waals surface area contributed by atoms with Crippen LogP contribution in [0, 0.1) is 0 Å². The molecule has 3 atom stereocenters. The Kier molecular flexibility index (Phi) is 8.64. The molecule has 1 aromatic rings. The van der Waals surface area contributed by atoms with Crippen molar-refractivity contribution in [3.63, 3.8) is 0 Å². The van der Waals surface area contributed by atoms with Crippen molar-refractivity contribution in [3.8, 4) is 0 Å². The highest BCUT2D eigenvalue weighted by Crippen LogP contribution is 2.31. The number of anilines is 1. The fraction of sp³-hybridized carbons (Fsp3) is 0.667. The molecule has 0 aromatic heterocycles. The van der Waals surface area contributed by atoms with E-state index in [-0.39, 0.29) is 24.4 Å². The van der Waals surface area contributed by atoms with Gasteiger partial charge in [0.25, 0.3) is 0 Å². The van der Waals surface area contributed by atoms with E-state index in [1.807, 2.05) is 51.5 Å². The summed E-state index contributed by atoms with van der Waals surface area (Å²) in [6.07, 6.45) is 1.38. The van der Waals surface area contributed by atoms with Gasteiger partial charge < -0.3 is 9.80 Å². The van der Waals surface area contributed by atoms with Crippen molar-refractivity contribution in [1.29, 1.82) is 0 Å². The van der Waals surface area contributed by atoms with Crippen molar-refractivity contribution in [1.82, 2.24) is 9.80 Å². The lowest BCUT2D eigenvalue weighted by atomic mass is 9.98. The van der Waals surface area contributed by atoms with E-state index in [0.717, 1.165) is 31.6 Å². The van der Waals surface area contributed by atoms with Gasteiger partial charge in [-0.15, -0.1) is 0 Å². The maximum atomic E-state index is 14.4. The first kappa shape index (κ1) is 21.8. The molecule has 1 amide bonds. The van der Waals surface area contributed by atoms with E-state index < -0.39 is 12.8 Å². The molecule has 2 rings (SSSR count). The molecule has 0 bridgehead atoms. The SMILES string of the molecule is CN(C)CCN(C)C1CC(F)CCCC1N(C(=O)CCF)c1ccccc1. The zero-order valence-electron chi connectivity index (χ0n) is 16.8. The Balaban J connectivity index is 2.33. The lowest BCUT2D eigenvalue weighted by Gasteiger charge is -2.41. The second kappa shape index (κ2) is 10.7. The molecule has 3 unspecified atom stereocenters. The Bertz CT molecular complexity index is 570. The van der Waals surface area contributed by atoms with Crippen LogP contribution in [-0.2, 0) is 4.79 Å². The lowest BCUT2D eigenvalue weighted by molar-refractivity contribution is -0.119. The molecule has 1 aliphatic carbocycles. The first-order valence-corrected chi connectivity index (χ1v) is 9.86. The standard InChI is InChI=1S/C21H33F2N3O/c1-24(2)14-15-25(3)20-16-17(23)8-7-11-19(20)26(21(27)12-13-22)18-9-5-4-6-10-18/h4-6,9-10,17,19-20H,7-8,11-16H2,1-3H3. The third kappa shape index (κ3) is 6.25. The summed E-state index contributed by atoms with van der Waals surface area (Å²) in [5, 5.41) is 0. The van der Waals surface area contributed by atoms with E-state index >= 15 is 0 Å². The highest BCUT2D eigenvalue weighted by Gasteiger charge is 2.37. The quantitative estimate of drug-likeness (QED) is 0.645. The topological polar surface area (TPSA) is 26.8 Å². The van der Waals surface area contributed by atoms with E-state index in [9.17, 15) is 13.6 Å². The number of benzene rings is 1. The van der Waals surface area contributed by atoms with Gasteiger partial charge in [-0.2, -0.15) is 0 Å². The Hall–Kier alpha value is -1.53. The number of hydrogen-bond donors (Lipinski definition) is 0. The number of carbonyl (C=O) groups excluding carboxylic acids is 1. The van der Waals surface area contributed by atoms with E-state index in [0.29, 0.717) is 12.8 Å². The van der Waals surface area contributed by atoms with Crippen LogP contribution in [0.25, 0.3) is 0 Å². The van der Waals surface area contributed by atoms with Crippen LogP contribution in [0.15, 0.2) is 30.3 Å². The van der Waals surface area contributed by atoms with Gasteiger partial charge in [-0.3, -0.25) is 14.1 Å². The minimum atomic E-state index is -0.865. The summed E-state index contributed by atoms with van der Waals surface area (Å²) in [5.74, 6) is -0.225. The molecule has 1 saturated carbocycles. The van der Waals surface area contributed by atoms with E-state index in [4.69, 9.17) is 0 Å². The monoisotopic (exact) mass is 381 g/mol. The highest BCUT2D eigenvalue weighted by atomic mass is 19.1. The van der Waals surface area contributed by atoms with Gasteiger partial charge in [0.05, 0.1) is 19.1 Å². The van der Waals surface area contributed by atoms with Crippen molar-refractivity contribution in [3.05, 3.63) is 30.3 Å². The molecule has 6 heteroatoms. The number of nitrogens with zero attached hydrogens (tertiary/aromatic N) is 3. The zero-order valence-corrected chi connectivity index (χ0v) is 16.8. The first-order valence-electron chi connectivity index (χ1n) is 9.86. The molecule has 27 heavy (non-hydrogen) atoms. The number of alkyl halides is 2. The molecule has 1 fully saturated rings. The fourth-order valence-corrected chi connectivity index (χ4v) is 3.89. The van der Waals surface area contributed by atoms with E-state index in [1.165, 1.54) is 0 Å². The van der Waals surface area contributed by atoms with Crippen molar-refractivity contribution in [2.75, 3.05) is 45.8 Å². The molecule has 0 saturated heterocycles. The second-order valence-corrected chi connectivity index (χ2v) is 7.72. The van der Waals surface area contributed by atoms with Gasteiger partial charge in [-0.05, 0) is 59.0 Å². The largest absolute Gasteiger partial charge is 0.308 e. The van der Waals surface area contributed by atoms with Crippen LogP contribution in [0.2, 0.25) is 0 Å². The molecule has 0 spiro atoms. The number of halogens is 2. The third-order valence-corrected chi connectivity index (χ3v) is 5.37. The van der Waals surface area contributed by atoms with Crippen LogP contribution in [0.5, 0.6) is 0 Å². The highest BCUT2D eigenvalue weighted by molar-refractivity contribution is 5.94. The van der Waals surface area contributed by atoms with Crippen LogP contribution in [0.1, 0.15) is 32.1 Å². The Morgan fingerprint density at radius 1 is 1.07 bits per heavy atom. The molecule has 0 aliphatic heterocycles. The molecule has 0 heterocycles. The number of rotatable bonds is 8. The summed E-state index contributed by atoms with van der Waals surface area (Å²) in [7, 11) is 6.02. The van der Waals surface area contributed by atoms with Crippen LogP contribution >= 0.6 is 0 Å². The van der Waals surface area contributed by atoms with Gasteiger partial charge in [0.2, 0.25) is 5.91 Å². The molecular formula is C21H33F2N3O. The van der Waals surface area contributed by atoms with Crippen LogP contribution in [0.4, 0.5) is 14.5 Å². The second-order valence-electron chi connectivity index (χ2n) is 7.72. The van der Waals surface area contributed by atoms with Crippen LogP contribution in [0.3, 0.4) is 0 Å². The molecule has 0 radical (unpaired) electrons. The molecule has 1 aliphatic rings. The Labute approximate surface area is 162 Å². The summed E-state index contributed by atoms with van der Waals surface area (Å²) >= 11 is 0. The van der Waals surface area contributed by atoms with Gasteiger partial charge in [0.15, 0.2) is 0 Å². The van der Waals surface area contributed by atoms with Crippen molar-refractivity contribution < 1.29 is 13.6 Å². The molecular weight excluding hydrogens is 348 g/mol. The maximum absolute atomic E-state index is 14.4. The zero-order chi connectivity index (χ0) is 19.8. The van der Waals surface area contributed by atoms with Gasteiger partial charge >= 0.3 is 0 Å². The van der Waals surface area contributed by atoms with Crippen molar-refractivity contribution in [2.24, 2.45) is 0 Å². The summed E-state index contributed by atoms with van der Waals surface area (Å²) in [6, 6.07) is 9.17. The van der Waals surface area contributed by atoms with Gasteiger partial charge in [-0.1, -0.05) is 18.2 Å². The van der Waals surface area contributed by atoms with E-state index in [1.54, 1.807) is 4.90 Å². The maximum Gasteiger partial charge on any atom is 0.229 e. The number of hydrogen-bond acceptors (Lipinski definition) is 3. The average molecular weight is 382 g/mol. The third-order valence-electron chi connectivity index (χ3n) is 5.37. The normalized spacial score (nSPS) is 23.4. The molecule has 4 nitrogen and oxygen atoms in total. The van der Waals surface area contributed by atoms with Crippen LogP contribution in [-0.4, -0.2) is 74.9 Å². The summed E-state index contributed by atoms with van der Waals surface area (Å²) in [4.78, 5) is 18.8. The number of likely N-dealkylation sites (N-methyl/N-ethyl adjacent to an activating group) is 2. The Morgan fingerprint density at radius 3 is 2.41 bits per heavy atom. The predicted octanol–water partition coefficient (Wildman–Crippen LogP) is 3.52. The van der Waals surface area contributed by atoms with Gasteiger partial charge in [0.1, 0.15) is 6.17 Å². The smallest absolute Gasteiger partial charge is 0.229 e. The minimum absolute atomic E-state index is 0.0915. The van der Waals surface area contributed by atoms with Gasteiger partial charge in [-0.25, -0.2) is 4.39 Å². The van der Waals surface area contributed by atoms with Gasteiger partial charge in [0, 0.05) is 24.8 Å².